The molecule has 2 aliphatic rings. The number of carbonyl (C=O) groups excluding carboxylic acids is 1. The molecule has 32 heavy (non-hydrogen) atoms. The first-order valence-corrected chi connectivity index (χ1v) is 11.7. The number of methoxy groups -OCH3 is 1. The average molecular weight is 450 g/mol. The van der Waals surface area contributed by atoms with Crippen LogP contribution in [0.25, 0.3) is 0 Å². The molecular weight excluding hydrogens is 410 g/mol. The molecule has 2 heterocycles. The number of nitrogens with zero attached hydrogens (tertiary/aromatic N) is 3. The van der Waals surface area contributed by atoms with E-state index in [9.17, 15) is 9.90 Å². The number of benzene rings is 1. The fourth-order valence-corrected chi connectivity index (χ4v) is 4.34. The van der Waals surface area contributed by atoms with Crippen LogP contribution in [-0.4, -0.2) is 117 Å². The van der Waals surface area contributed by atoms with Gasteiger partial charge in [-0.05, 0) is 30.2 Å². The summed E-state index contributed by atoms with van der Waals surface area (Å²) in [4.78, 5) is 19.6. The lowest BCUT2D eigenvalue weighted by Crippen LogP contribution is -2.52. The second kappa shape index (κ2) is 12.5. The number of ether oxygens (including phenoxy) is 3. The van der Waals surface area contributed by atoms with Gasteiger partial charge in [-0.25, -0.2) is 0 Å². The fraction of sp³-hybridized carbons (Fsp3) is 0.708. The fourth-order valence-electron chi connectivity index (χ4n) is 4.34. The van der Waals surface area contributed by atoms with Crippen molar-refractivity contribution in [1.29, 1.82) is 0 Å². The van der Waals surface area contributed by atoms with Gasteiger partial charge in [-0.2, -0.15) is 0 Å². The molecule has 3 rings (SSSR count). The topological polar surface area (TPSA) is 74.7 Å². The van der Waals surface area contributed by atoms with Gasteiger partial charge >= 0.3 is 0 Å². The number of aliphatic hydroxyl groups is 1. The monoisotopic (exact) mass is 449 g/mol. The summed E-state index contributed by atoms with van der Waals surface area (Å²) in [6.45, 7) is 12.1. The van der Waals surface area contributed by atoms with E-state index in [1.54, 1.807) is 7.11 Å². The van der Waals surface area contributed by atoms with Crippen molar-refractivity contribution in [3.05, 3.63) is 29.8 Å². The van der Waals surface area contributed by atoms with Crippen molar-refractivity contribution in [3.63, 3.8) is 0 Å². The maximum atomic E-state index is 13.2. The van der Waals surface area contributed by atoms with E-state index in [0.717, 1.165) is 38.6 Å². The Morgan fingerprint density at radius 1 is 1.12 bits per heavy atom. The zero-order valence-electron chi connectivity index (χ0n) is 19.7. The molecule has 0 radical (unpaired) electrons. The molecule has 2 fully saturated rings. The van der Waals surface area contributed by atoms with E-state index in [1.807, 2.05) is 29.2 Å². The highest BCUT2D eigenvalue weighted by atomic mass is 16.5. The molecule has 1 aromatic rings. The molecule has 8 nitrogen and oxygen atoms in total. The Morgan fingerprint density at radius 3 is 2.44 bits per heavy atom. The van der Waals surface area contributed by atoms with Crippen LogP contribution in [-0.2, 0) is 9.47 Å². The van der Waals surface area contributed by atoms with Crippen molar-refractivity contribution in [1.82, 2.24) is 14.7 Å². The van der Waals surface area contributed by atoms with Gasteiger partial charge in [-0.3, -0.25) is 14.6 Å². The minimum Gasteiger partial charge on any atom is -0.497 e. The van der Waals surface area contributed by atoms with Gasteiger partial charge < -0.3 is 24.2 Å². The lowest BCUT2D eigenvalue weighted by Gasteiger charge is -2.37. The minimum atomic E-state index is -0.403. The second-order valence-electron chi connectivity index (χ2n) is 9.15. The van der Waals surface area contributed by atoms with Crippen LogP contribution in [0.15, 0.2) is 24.3 Å². The first-order chi connectivity index (χ1) is 15.4. The van der Waals surface area contributed by atoms with Gasteiger partial charge in [0.2, 0.25) is 0 Å². The summed E-state index contributed by atoms with van der Waals surface area (Å²) in [7, 11) is 1.62. The number of carbonyl (C=O) groups is 1. The molecular formula is C24H39N3O5. The van der Waals surface area contributed by atoms with E-state index in [0.29, 0.717) is 50.8 Å². The Hall–Kier alpha value is -1.71. The molecule has 0 aliphatic carbocycles. The summed E-state index contributed by atoms with van der Waals surface area (Å²) in [5.74, 6) is 1.10. The molecule has 1 aromatic carbocycles. The van der Waals surface area contributed by atoms with Crippen molar-refractivity contribution in [3.8, 4) is 5.75 Å². The maximum Gasteiger partial charge on any atom is 0.253 e. The Balaban J connectivity index is 1.54. The number of aliphatic hydroxyl groups excluding tert-OH is 1. The van der Waals surface area contributed by atoms with Crippen LogP contribution in [0.4, 0.5) is 0 Å². The molecule has 180 valence electrons. The van der Waals surface area contributed by atoms with E-state index < -0.39 is 6.10 Å². The zero-order valence-corrected chi connectivity index (χ0v) is 19.7. The average Bonchev–Trinajstić information content (AvgIpc) is 2.79. The predicted octanol–water partition coefficient (Wildman–Crippen LogP) is 1.19. The quantitative estimate of drug-likeness (QED) is 0.575. The maximum absolute atomic E-state index is 13.2. The van der Waals surface area contributed by atoms with Crippen LogP contribution in [0.3, 0.4) is 0 Å². The number of hydrogen-bond donors (Lipinski definition) is 1. The number of hydrogen-bond acceptors (Lipinski definition) is 7. The lowest BCUT2D eigenvalue weighted by molar-refractivity contribution is -0.0560. The van der Waals surface area contributed by atoms with Gasteiger partial charge in [-0.1, -0.05) is 13.8 Å². The summed E-state index contributed by atoms with van der Waals surface area (Å²) in [6.07, 6.45) is -0.472. The highest BCUT2D eigenvalue weighted by Crippen LogP contribution is 2.16. The second-order valence-corrected chi connectivity index (χ2v) is 9.15. The number of amides is 1. The standard InChI is InChI=1S/C24H39N3O5/c1-19(2)14-27(24(29)20-4-6-22(30-3)7-5-20)18-23-17-26(10-13-32-23)16-21(28)15-25-8-11-31-12-9-25/h4-7,19,21,23,28H,8-18H2,1-3H3. The molecule has 1 amide bonds. The zero-order chi connectivity index (χ0) is 22.9. The van der Waals surface area contributed by atoms with E-state index in [1.165, 1.54) is 0 Å². The predicted molar refractivity (Wildman–Crippen MR) is 123 cm³/mol. The third-order valence-corrected chi connectivity index (χ3v) is 5.90. The molecule has 2 aliphatic heterocycles. The van der Waals surface area contributed by atoms with Crippen molar-refractivity contribution in [2.45, 2.75) is 26.1 Å². The number of rotatable bonds is 10. The third-order valence-electron chi connectivity index (χ3n) is 5.90. The Bertz CT molecular complexity index is 693. The third kappa shape index (κ3) is 7.71. The molecule has 0 aromatic heterocycles. The number of morpholine rings is 2. The van der Waals surface area contributed by atoms with Gasteiger partial charge in [0, 0.05) is 57.9 Å². The van der Waals surface area contributed by atoms with Gasteiger partial charge in [0.25, 0.3) is 5.91 Å². The molecule has 0 spiro atoms. The smallest absolute Gasteiger partial charge is 0.253 e. The lowest BCUT2D eigenvalue weighted by atomic mass is 10.1. The molecule has 1 N–H and O–H groups in total. The van der Waals surface area contributed by atoms with Crippen LogP contribution in [0.5, 0.6) is 5.75 Å². The Labute approximate surface area is 192 Å². The van der Waals surface area contributed by atoms with Crippen LogP contribution >= 0.6 is 0 Å². The molecule has 0 bridgehead atoms. The molecule has 0 saturated carbocycles. The normalized spacial score (nSPS) is 21.5. The van der Waals surface area contributed by atoms with Crippen molar-refractivity contribution < 1.29 is 24.1 Å². The number of β-amino-alcohol motifs (C(OH)–C–C–N with tert-alkyl or cyclic N) is 1. The molecule has 2 unspecified atom stereocenters. The Kier molecular flexibility index (Phi) is 9.74. The summed E-state index contributed by atoms with van der Waals surface area (Å²) in [5.41, 5.74) is 0.653. The first-order valence-electron chi connectivity index (χ1n) is 11.7. The molecule has 2 saturated heterocycles. The van der Waals surface area contributed by atoms with Crippen molar-refractivity contribution in [2.75, 3.05) is 79.3 Å². The Morgan fingerprint density at radius 2 is 1.78 bits per heavy atom. The van der Waals surface area contributed by atoms with E-state index in [-0.39, 0.29) is 12.0 Å². The first kappa shape index (κ1) is 24.9. The van der Waals surface area contributed by atoms with Crippen LogP contribution < -0.4 is 4.74 Å². The highest BCUT2D eigenvalue weighted by Gasteiger charge is 2.27. The van der Waals surface area contributed by atoms with Gasteiger partial charge in [0.15, 0.2) is 0 Å². The van der Waals surface area contributed by atoms with Crippen molar-refractivity contribution in [2.24, 2.45) is 5.92 Å². The van der Waals surface area contributed by atoms with Crippen LogP contribution in [0.1, 0.15) is 24.2 Å². The summed E-state index contributed by atoms with van der Waals surface area (Å²) < 4.78 is 16.6. The van der Waals surface area contributed by atoms with Crippen LogP contribution in [0, 0.1) is 5.92 Å². The van der Waals surface area contributed by atoms with Gasteiger partial charge in [0.05, 0.1) is 39.1 Å². The molecule has 2 atom stereocenters. The summed E-state index contributed by atoms with van der Waals surface area (Å²) in [5, 5.41) is 10.6. The molecule has 8 heteroatoms. The largest absolute Gasteiger partial charge is 0.497 e. The van der Waals surface area contributed by atoms with Gasteiger partial charge in [-0.15, -0.1) is 0 Å². The van der Waals surface area contributed by atoms with E-state index >= 15 is 0 Å². The summed E-state index contributed by atoms with van der Waals surface area (Å²) in [6, 6.07) is 7.25. The SMILES string of the molecule is COc1ccc(C(=O)N(CC(C)C)CC2CN(CC(O)CN3CCOCC3)CCO2)cc1. The highest BCUT2D eigenvalue weighted by molar-refractivity contribution is 5.94. The van der Waals surface area contributed by atoms with Crippen LogP contribution in [0.2, 0.25) is 0 Å². The minimum absolute atomic E-state index is 0.00873. The summed E-state index contributed by atoms with van der Waals surface area (Å²) >= 11 is 0. The van der Waals surface area contributed by atoms with E-state index in [4.69, 9.17) is 14.2 Å². The van der Waals surface area contributed by atoms with E-state index in [2.05, 4.69) is 23.6 Å². The van der Waals surface area contributed by atoms with Gasteiger partial charge in [0.1, 0.15) is 5.75 Å². The van der Waals surface area contributed by atoms with Crippen molar-refractivity contribution >= 4 is 5.91 Å².